The van der Waals surface area contributed by atoms with Gasteiger partial charge in [0.25, 0.3) is 5.91 Å². The maximum Gasteiger partial charge on any atom is 0.257 e. The number of rotatable bonds is 4. The van der Waals surface area contributed by atoms with Gasteiger partial charge < -0.3 is 0 Å². The number of nitrogens with one attached hydrogen (secondary N) is 1. The first-order valence-electron chi connectivity index (χ1n) is 9.36. The van der Waals surface area contributed by atoms with Crippen LogP contribution in [0.1, 0.15) is 28.7 Å². The van der Waals surface area contributed by atoms with Crippen LogP contribution in [0, 0.1) is 23.7 Å². The fraction of sp³-hybridized carbons (Fsp3) is 0.350. The van der Waals surface area contributed by atoms with Gasteiger partial charge in [0, 0.05) is 5.56 Å². The lowest BCUT2D eigenvalue weighted by Crippen LogP contribution is -2.32. The Hall–Kier alpha value is -2.87. The molecule has 2 heterocycles. The summed E-state index contributed by atoms with van der Waals surface area (Å²) in [5.74, 6) is -0.632. The summed E-state index contributed by atoms with van der Waals surface area (Å²) in [6, 6.07) is 6.54. The van der Waals surface area contributed by atoms with Crippen molar-refractivity contribution in [1.82, 2.24) is 10.2 Å². The molecular weight excluding hydrogens is 376 g/mol. The molecule has 5 rings (SSSR count). The summed E-state index contributed by atoms with van der Waals surface area (Å²) in [6.07, 6.45) is 5.82. The number of amides is 3. The third-order valence-electron chi connectivity index (χ3n) is 5.85. The van der Waals surface area contributed by atoms with Gasteiger partial charge in [-0.3, -0.25) is 24.6 Å². The smallest absolute Gasteiger partial charge is 0.257 e. The molecule has 28 heavy (non-hydrogen) atoms. The molecule has 0 unspecified atom stereocenters. The quantitative estimate of drug-likeness (QED) is 0.636. The summed E-state index contributed by atoms with van der Waals surface area (Å²) in [4.78, 5) is 39.4. The molecule has 1 aromatic heterocycles. The number of anilines is 2. The second kappa shape index (κ2) is 6.34. The molecule has 0 radical (unpaired) electrons. The highest BCUT2D eigenvalue weighted by Crippen LogP contribution is 2.53. The van der Waals surface area contributed by atoms with E-state index < -0.39 is 0 Å². The average Bonchev–Trinajstić information content (AvgIpc) is 3.47. The number of hydrogen-bond acceptors (Lipinski definition) is 6. The molecule has 1 aromatic carbocycles. The van der Waals surface area contributed by atoms with Gasteiger partial charge >= 0.3 is 0 Å². The number of benzene rings is 1. The number of allylic oxidation sites excluding steroid dienone is 2. The zero-order valence-corrected chi connectivity index (χ0v) is 16.0. The first-order valence-corrected chi connectivity index (χ1v) is 10.2. The second-order valence-electron chi connectivity index (χ2n) is 7.37. The van der Waals surface area contributed by atoms with Crippen molar-refractivity contribution in [1.29, 1.82) is 0 Å². The van der Waals surface area contributed by atoms with Gasteiger partial charge in [0.15, 0.2) is 0 Å². The number of imide groups is 1. The molecular formula is C20H18N4O3S. The topological polar surface area (TPSA) is 92.3 Å². The second-order valence-corrected chi connectivity index (χ2v) is 8.43. The fourth-order valence-electron chi connectivity index (χ4n) is 4.53. The van der Waals surface area contributed by atoms with Gasteiger partial charge in [-0.2, -0.15) is 0 Å². The van der Waals surface area contributed by atoms with Crippen molar-refractivity contribution in [2.45, 2.75) is 19.8 Å². The maximum atomic E-state index is 12.9. The molecule has 2 aliphatic carbocycles. The van der Waals surface area contributed by atoms with E-state index in [0.29, 0.717) is 16.4 Å². The molecule has 7 nitrogen and oxygen atoms in total. The van der Waals surface area contributed by atoms with Gasteiger partial charge in [0.05, 0.1) is 17.5 Å². The Labute approximate surface area is 165 Å². The van der Waals surface area contributed by atoms with Crippen molar-refractivity contribution in [3.05, 3.63) is 47.0 Å². The minimum absolute atomic E-state index is 0.120. The van der Waals surface area contributed by atoms with Crippen molar-refractivity contribution in [3.8, 4) is 0 Å². The van der Waals surface area contributed by atoms with Crippen molar-refractivity contribution >= 4 is 39.9 Å². The molecule has 3 aliphatic rings. The molecule has 1 saturated carbocycles. The normalized spacial score (nSPS) is 27.5. The van der Waals surface area contributed by atoms with Gasteiger partial charge in [-0.1, -0.05) is 30.4 Å². The third-order valence-corrected chi connectivity index (χ3v) is 6.83. The number of carbonyl (C=O) groups is 3. The third kappa shape index (κ3) is 2.51. The van der Waals surface area contributed by atoms with Crippen molar-refractivity contribution in [3.63, 3.8) is 0 Å². The van der Waals surface area contributed by atoms with Crippen LogP contribution in [0.5, 0.6) is 0 Å². The zero-order chi connectivity index (χ0) is 19.4. The highest BCUT2D eigenvalue weighted by molar-refractivity contribution is 7.15. The van der Waals surface area contributed by atoms with E-state index in [-0.39, 0.29) is 41.4 Å². The monoisotopic (exact) mass is 394 g/mol. The van der Waals surface area contributed by atoms with E-state index in [9.17, 15) is 14.4 Å². The summed E-state index contributed by atoms with van der Waals surface area (Å²) in [5.41, 5.74) is 0.947. The average molecular weight is 394 g/mol. The summed E-state index contributed by atoms with van der Waals surface area (Å²) in [5, 5.41) is 11.9. The number of fused-ring (bicyclic) bond motifs is 5. The van der Waals surface area contributed by atoms with Crippen LogP contribution in [0.15, 0.2) is 36.4 Å². The SMILES string of the molecule is CCc1nnc(NC(=O)c2ccc(N3C(=O)[C@H]4[C@H](C3=O)[C@H]3C=C[C@H]4C3)cc2)s1. The summed E-state index contributed by atoms with van der Waals surface area (Å²) < 4.78 is 0. The summed E-state index contributed by atoms with van der Waals surface area (Å²) in [7, 11) is 0. The molecule has 1 saturated heterocycles. The van der Waals surface area contributed by atoms with E-state index in [1.54, 1.807) is 24.3 Å². The van der Waals surface area contributed by atoms with Crippen LogP contribution in [0.3, 0.4) is 0 Å². The van der Waals surface area contributed by atoms with Crippen LogP contribution in [0.25, 0.3) is 0 Å². The Morgan fingerprint density at radius 3 is 2.32 bits per heavy atom. The predicted molar refractivity (Wildman–Crippen MR) is 104 cm³/mol. The molecule has 142 valence electrons. The van der Waals surface area contributed by atoms with Crippen LogP contribution in [-0.2, 0) is 16.0 Å². The molecule has 3 amide bonds. The molecule has 1 N–H and O–H groups in total. The van der Waals surface area contributed by atoms with Gasteiger partial charge in [-0.05, 0) is 48.9 Å². The lowest BCUT2D eigenvalue weighted by atomic mass is 9.85. The lowest BCUT2D eigenvalue weighted by Gasteiger charge is -2.17. The van der Waals surface area contributed by atoms with E-state index in [0.717, 1.165) is 17.8 Å². The Morgan fingerprint density at radius 1 is 1.11 bits per heavy atom. The van der Waals surface area contributed by atoms with Gasteiger partial charge in [-0.15, -0.1) is 10.2 Å². The van der Waals surface area contributed by atoms with Crippen LogP contribution in [-0.4, -0.2) is 27.9 Å². The molecule has 2 fully saturated rings. The molecule has 8 heteroatoms. The van der Waals surface area contributed by atoms with Crippen molar-refractivity contribution in [2.24, 2.45) is 23.7 Å². The Kier molecular flexibility index (Phi) is 3.90. The molecule has 4 atom stereocenters. The Balaban J connectivity index is 1.33. The first-order chi connectivity index (χ1) is 13.6. The number of nitrogens with zero attached hydrogens (tertiary/aromatic N) is 3. The molecule has 2 aromatic rings. The van der Waals surface area contributed by atoms with E-state index >= 15 is 0 Å². The van der Waals surface area contributed by atoms with Crippen LogP contribution in [0.2, 0.25) is 0 Å². The fourth-order valence-corrected chi connectivity index (χ4v) is 5.21. The predicted octanol–water partition coefficient (Wildman–Crippen LogP) is 2.66. The van der Waals surface area contributed by atoms with E-state index in [1.165, 1.54) is 16.2 Å². The Bertz CT molecular complexity index is 983. The van der Waals surface area contributed by atoms with Crippen LogP contribution >= 0.6 is 11.3 Å². The zero-order valence-electron chi connectivity index (χ0n) is 15.2. The van der Waals surface area contributed by atoms with Gasteiger partial charge in [0.1, 0.15) is 5.01 Å². The van der Waals surface area contributed by atoms with Gasteiger partial charge in [0.2, 0.25) is 16.9 Å². The number of carbonyl (C=O) groups excluding carboxylic acids is 3. The summed E-state index contributed by atoms with van der Waals surface area (Å²) in [6.45, 7) is 1.97. The molecule has 0 spiro atoms. The van der Waals surface area contributed by atoms with Crippen LogP contribution < -0.4 is 10.2 Å². The molecule has 2 bridgehead atoms. The number of aromatic nitrogens is 2. The van der Waals surface area contributed by atoms with Gasteiger partial charge in [-0.25, -0.2) is 0 Å². The van der Waals surface area contributed by atoms with Crippen LogP contribution in [0.4, 0.5) is 10.8 Å². The minimum atomic E-state index is -0.302. The highest BCUT2D eigenvalue weighted by atomic mass is 32.1. The van der Waals surface area contributed by atoms with E-state index in [4.69, 9.17) is 0 Å². The Morgan fingerprint density at radius 2 is 1.75 bits per heavy atom. The number of aryl methyl sites for hydroxylation is 1. The maximum absolute atomic E-state index is 12.9. The standard InChI is InChI=1S/C20H18N4O3S/c1-2-14-22-23-20(28-14)21-17(25)10-5-7-13(8-6-10)24-18(26)15-11-3-4-12(9-11)16(15)19(24)27/h3-8,11-12,15-16H,2,9H2,1H3,(H,21,23,25)/t11-,12-,15+,16+/m0/s1. The van der Waals surface area contributed by atoms with E-state index in [2.05, 4.69) is 27.7 Å². The number of hydrogen-bond donors (Lipinski definition) is 1. The largest absolute Gasteiger partial charge is 0.296 e. The molecule has 1 aliphatic heterocycles. The van der Waals surface area contributed by atoms with E-state index in [1.807, 2.05) is 6.92 Å². The minimum Gasteiger partial charge on any atom is -0.296 e. The highest BCUT2D eigenvalue weighted by Gasteiger charge is 2.59. The first kappa shape index (κ1) is 17.2. The lowest BCUT2D eigenvalue weighted by molar-refractivity contribution is -0.123. The van der Waals surface area contributed by atoms with Crippen molar-refractivity contribution in [2.75, 3.05) is 10.2 Å². The summed E-state index contributed by atoms with van der Waals surface area (Å²) >= 11 is 1.34. The van der Waals surface area contributed by atoms with Crippen molar-refractivity contribution < 1.29 is 14.4 Å².